The first kappa shape index (κ1) is 8.66. The molecule has 0 saturated carbocycles. The lowest BCUT2D eigenvalue weighted by Gasteiger charge is -1.96. The molecular weight excluding hydrogens is 160 g/mol. The van der Waals surface area contributed by atoms with Crippen LogP contribution in [0.25, 0.3) is 0 Å². The Morgan fingerprint density at radius 2 is 2.08 bits per heavy atom. The monoisotopic (exact) mass is 166 g/mol. The van der Waals surface area contributed by atoms with Crippen LogP contribution in [0.5, 0.6) is 0 Å². The van der Waals surface area contributed by atoms with E-state index in [4.69, 9.17) is 5.26 Å². The van der Waals surface area contributed by atoms with E-state index in [9.17, 15) is 8.78 Å². The molecule has 0 saturated heterocycles. The van der Waals surface area contributed by atoms with Gasteiger partial charge in [0.2, 0.25) is 0 Å². The van der Waals surface area contributed by atoms with E-state index in [1.807, 2.05) is 6.07 Å². The number of rotatable bonds is 2. The van der Waals surface area contributed by atoms with Crippen molar-refractivity contribution in [2.75, 3.05) is 0 Å². The molecule has 0 aromatic heterocycles. The van der Waals surface area contributed by atoms with Crippen LogP contribution in [0.15, 0.2) is 18.2 Å². The van der Waals surface area contributed by atoms with Gasteiger partial charge in [-0.15, -0.1) is 0 Å². The van der Waals surface area contributed by atoms with E-state index in [2.05, 4.69) is 0 Å². The summed E-state index contributed by atoms with van der Waals surface area (Å²) in [6.45, 7) is 0. The number of hydrogen-bond acceptors (Lipinski definition) is 1. The Morgan fingerprint density at radius 1 is 1.33 bits per heavy atom. The highest BCUT2D eigenvalue weighted by molar-refractivity contribution is 5.25. The Bertz CT molecular complexity index is 315. The van der Waals surface area contributed by atoms with Crippen LogP contribution in [0.4, 0.5) is 8.78 Å². The van der Waals surface area contributed by atoms with Crippen LogP contribution in [0, 0.1) is 29.4 Å². The molecule has 0 spiro atoms. The Morgan fingerprint density at radius 3 is 2.67 bits per heavy atom. The maximum absolute atomic E-state index is 12.5. The Labute approximate surface area is 69.2 Å². The van der Waals surface area contributed by atoms with E-state index in [1.54, 1.807) is 0 Å². The number of benzene rings is 1. The average molecular weight is 166 g/mol. The van der Waals surface area contributed by atoms with E-state index in [0.717, 1.165) is 12.1 Å². The largest absolute Gasteiger partial charge is 0.204 e. The summed E-state index contributed by atoms with van der Waals surface area (Å²) in [7, 11) is 0. The van der Waals surface area contributed by atoms with Gasteiger partial charge in [0.1, 0.15) is 0 Å². The van der Waals surface area contributed by atoms with Gasteiger partial charge in [-0.05, 0) is 17.7 Å². The van der Waals surface area contributed by atoms with Gasteiger partial charge in [-0.1, -0.05) is 6.07 Å². The van der Waals surface area contributed by atoms with Gasteiger partial charge in [0.25, 0.3) is 0 Å². The molecule has 0 aliphatic carbocycles. The van der Waals surface area contributed by atoms with Gasteiger partial charge >= 0.3 is 0 Å². The van der Waals surface area contributed by atoms with Gasteiger partial charge in [-0.25, -0.2) is 8.78 Å². The molecule has 0 N–H and O–H groups in total. The third-order valence-corrected chi connectivity index (χ3v) is 1.37. The zero-order valence-corrected chi connectivity index (χ0v) is 6.22. The molecule has 0 amide bonds. The molecular formula is C9H6F2N. The third-order valence-electron chi connectivity index (χ3n) is 1.37. The summed E-state index contributed by atoms with van der Waals surface area (Å²) in [5.41, 5.74) is 0.524. The Hall–Kier alpha value is -1.43. The fourth-order valence-corrected chi connectivity index (χ4v) is 0.803. The molecule has 61 valence electrons. The minimum absolute atomic E-state index is 0.199. The minimum atomic E-state index is -0.887. The third kappa shape index (κ3) is 2.03. The molecule has 0 aliphatic rings. The number of hydrogen-bond donors (Lipinski definition) is 0. The second-order valence-electron chi connectivity index (χ2n) is 2.24. The highest BCUT2D eigenvalue weighted by Gasteiger charge is 2.01. The maximum Gasteiger partial charge on any atom is 0.159 e. The van der Waals surface area contributed by atoms with Crippen molar-refractivity contribution in [1.82, 2.24) is 0 Å². The van der Waals surface area contributed by atoms with Crippen molar-refractivity contribution in [2.24, 2.45) is 0 Å². The number of halogens is 2. The summed E-state index contributed by atoms with van der Waals surface area (Å²) in [6.07, 6.45) is 1.73. The molecule has 0 unspecified atom stereocenters. The van der Waals surface area contributed by atoms with E-state index < -0.39 is 11.6 Å². The Balaban J connectivity index is 2.77. The van der Waals surface area contributed by atoms with E-state index in [0.29, 0.717) is 5.56 Å². The summed E-state index contributed by atoms with van der Waals surface area (Å²) in [5, 5.41) is 8.20. The number of nitrogens with zero attached hydrogens (tertiary/aromatic N) is 1. The molecule has 1 rings (SSSR count). The number of nitriles is 1. The molecule has 0 bridgehead atoms. The Kier molecular flexibility index (Phi) is 2.76. The smallest absolute Gasteiger partial charge is 0.159 e. The van der Waals surface area contributed by atoms with E-state index in [-0.39, 0.29) is 6.42 Å². The quantitative estimate of drug-likeness (QED) is 0.661. The zero-order chi connectivity index (χ0) is 8.97. The van der Waals surface area contributed by atoms with Crippen molar-refractivity contribution in [2.45, 2.75) is 6.42 Å². The molecule has 1 radical (unpaired) electrons. The molecule has 1 aromatic carbocycles. The summed E-state index contributed by atoms with van der Waals surface area (Å²) in [4.78, 5) is 0. The molecule has 1 nitrogen and oxygen atoms in total. The van der Waals surface area contributed by atoms with Crippen molar-refractivity contribution in [3.8, 4) is 6.07 Å². The molecule has 12 heavy (non-hydrogen) atoms. The maximum atomic E-state index is 12.5. The van der Waals surface area contributed by atoms with Gasteiger partial charge in [0, 0.05) is 12.8 Å². The van der Waals surface area contributed by atoms with Crippen molar-refractivity contribution in [1.29, 1.82) is 5.26 Å². The lowest BCUT2D eigenvalue weighted by molar-refractivity contribution is 0.508. The molecule has 0 fully saturated rings. The highest BCUT2D eigenvalue weighted by Crippen LogP contribution is 2.11. The fraction of sp³-hybridized carbons (Fsp3) is 0.111. The SMILES string of the molecule is N#CC[CH]c1ccc(F)c(F)c1. The van der Waals surface area contributed by atoms with Crippen LogP contribution in [0.2, 0.25) is 0 Å². The van der Waals surface area contributed by atoms with Gasteiger partial charge < -0.3 is 0 Å². The fourth-order valence-electron chi connectivity index (χ4n) is 0.803. The molecule has 1 aromatic rings. The van der Waals surface area contributed by atoms with Crippen molar-refractivity contribution >= 4 is 0 Å². The van der Waals surface area contributed by atoms with Gasteiger partial charge in [0.15, 0.2) is 11.6 Å². The van der Waals surface area contributed by atoms with Gasteiger partial charge in [-0.3, -0.25) is 0 Å². The second-order valence-corrected chi connectivity index (χ2v) is 2.24. The van der Waals surface area contributed by atoms with Gasteiger partial charge in [0.05, 0.1) is 6.07 Å². The summed E-state index contributed by atoms with van der Waals surface area (Å²) in [6, 6.07) is 5.41. The predicted molar refractivity (Wildman–Crippen MR) is 40.0 cm³/mol. The summed E-state index contributed by atoms with van der Waals surface area (Å²) < 4.78 is 24.9. The van der Waals surface area contributed by atoms with Crippen LogP contribution < -0.4 is 0 Å². The lowest BCUT2D eigenvalue weighted by atomic mass is 10.1. The molecule has 0 heterocycles. The van der Waals surface area contributed by atoms with Crippen molar-refractivity contribution < 1.29 is 8.78 Å². The average Bonchev–Trinajstić information content (AvgIpc) is 2.07. The van der Waals surface area contributed by atoms with Crippen molar-refractivity contribution in [3.05, 3.63) is 41.8 Å². The summed E-state index contributed by atoms with van der Waals surface area (Å²) in [5.74, 6) is -1.76. The van der Waals surface area contributed by atoms with E-state index >= 15 is 0 Å². The normalized spacial score (nSPS) is 9.42. The van der Waals surface area contributed by atoms with Gasteiger partial charge in [-0.2, -0.15) is 5.26 Å². The first-order chi connectivity index (χ1) is 5.74. The standard InChI is InChI=1S/C9H6F2N/c10-8-4-3-7(2-1-5-12)6-9(8)11/h2-4,6H,1H2. The van der Waals surface area contributed by atoms with Crippen LogP contribution in [0.1, 0.15) is 12.0 Å². The molecule has 0 aliphatic heterocycles. The summed E-state index contributed by atoms with van der Waals surface area (Å²) >= 11 is 0. The lowest BCUT2D eigenvalue weighted by Crippen LogP contribution is -1.87. The topological polar surface area (TPSA) is 23.8 Å². The minimum Gasteiger partial charge on any atom is -0.204 e. The van der Waals surface area contributed by atoms with Crippen LogP contribution >= 0.6 is 0 Å². The predicted octanol–water partition coefficient (Wildman–Crippen LogP) is 2.43. The van der Waals surface area contributed by atoms with Crippen LogP contribution in [0.3, 0.4) is 0 Å². The highest BCUT2D eigenvalue weighted by atomic mass is 19.2. The van der Waals surface area contributed by atoms with Crippen LogP contribution in [-0.2, 0) is 0 Å². The van der Waals surface area contributed by atoms with Crippen molar-refractivity contribution in [3.63, 3.8) is 0 Å². The molecule has 0 atom stereocenters. The second kappa shape index (κ2) is 3.82. The first-order valence-corrected chi connectivity index (χ1v) is 3.39. The van der Waals surface area contributed by atoms with Crippen LogP contribution in [-0.4, -0.2) is 0 Å². The first-order valence-electron chi connectivity index (χ1n) is 3.39. The van der Waals surface area contributed by atoms with E-state index in [1.165, 1.54) is 12.5 Å². The zero-order valence-electron chi connectivity index (χ0n) is 6.22. The molecule has 3 heteroatoms.